The Kier molecular flexibility index (Phi) is 7.99. The van der Waals surface area contributed by atoms with E-state index in [1.807, 2.05) is 4.90 Å². The lowest BCUT2D eigenvalue weighted by Crippen LogP contribution is -2.50. The maximum absolute atomic E-state index is 13.6. The van der Waals surface area contributed by atoms with Crippen molar-refractivity contribution in [2.24, 2.45) is 17.6 Å². The van der Waals surface area contributed by atoms with Gasteiger partial charge in [0.1, 0.15) is 11.8 Å². The molecule has 3 aliphatic rings. The summed E-state index contributed by atoms with van der Waals surface area (Å²) in [6, 6.07) is 6.68. The number of methoxy groups -OCH3 is 1. The molecule has 2 atom stereocenters. The standard InChI is InChI=1S/C27H40N4O4/c1-17(2)15-30(26(33)19-6-12-23(35-3)13-7-19)22-14-24(31(16-22)27(34)18-4-5-18)25(32)29-21-10-8-20(28)9-11-21/h6-7,12-13,17-18,20-22,24H,4-5,8-11,14-16,28H2,1-3H3,(H,29,32). The Morgan fingerprint density at radius 1 is 1.09 bits per heavy atom. The van der Waals surface area contributed by atoms with Crippen molar-refractivity contribution in [2.45, 2.75) is 83.0 Å². The second kappa shape index (κ2) is 11.0. The Morgan fingerprint density at radius 3 is 2.31 bits per heavy atom. The monoisotopic (exact) mass is 484 g/mol. The molecular formula is C27H40N4O4. The zero-order valence-corrected chi connectivity index (χ0v) is 21.2. The molecule has 1 heterocycles. The van der Waals surface area contributed by atoms with E-state index in [0.29, 0.717) is 30.8 Å². The van der Waals surface area contributed by atoms with E-state index in [2.05, 4.69) is 19.2 Å². The number of hydrogen-bond donors (Lipinski definition) is 2. The van der Waals surface area contributed by atoms with Crippen molar-refractivity contribution in [3.05, 3.63) is 29.8 Å². The van der Waals surface area contributed by atoms with E-state index >= 15 is 0 Å². The normalized spacial score (nSPS) is 26.5. The first kappa shape index (κ1) is 25.5. The third kappa shape index (κ3) is 6.15. The Hall–Kier alpha value is -2.61. The minimum absolute atomic E-state index is 0.0209. The molecule has 2 unspecified atom stereocenters. The SMILES string of the molecule is COc1ccc(C(=O)N(CC(C)C)C2CC(C(=O)NC3CCC(N)CC3)N(C(=O)C3CC3)C2)cc1. The molecule has 0 bridgehead atoms. The van der Waals surface area contributed by atoms with Crippen molar-refractivity contribution in [3.63, 3.8) is 0 Å². The fourth-order valence-corrected chi connectivity index (χ4v) is 5.35. The number of nitrogens with one attached hydrogen (secondary N) is 1. The largest absolute Gasteiger partial charge is 0.497 e. The van der Waals surface area contributed by atoms with Gasteiger partial charge in [0.05, 0.1) is 13.2 Å². The van der Waals surface area contributed by atoms with Crippen LogP contribution in [0.3, 0.4) is 0 Å². The summed E-state index contributed by atoms with van der Waals surface area (Å²) in [6.45, 7) is 5.12. The average Bonchev–Trinajstić information content (AvgIpc) is 3.61. The molecule has 3 fully saturated rings. The summed E-state index contributed by atoms with van der Waals surface area (Å²) in [5, 5.41) is 3.19. The first-order chi connectivity index (χ1) is 16.8. The second-order valence-corrected chi connectivity index (χ2v) is 10.9. The number of nitrogens with zero attached hydrogens (tertiary/aromatic N) is 2. The maximum atomic E-state index is 13.6. The van der Waals surface area contributed by atoms with Crippen LogP contribution >= 0.6 is 0 Å². The van der Waals surface area contributed by atoms with Gasteiger partial charge in [0.2, 0.25) is 11.8 Å². The highest BCUT2D eigenvalue weighted by molar-refractivity contribution is 5.95. The van der Waals surface area contributed by atoms with Crippen LogP contribution in [-0.4, -0.2) is 71.9 Å². The van der Waals surface area contributed by atoms with Gasteiger partial charge in [0.15, 0.2) is 0 Å². The van der Waals surface area contributed by atoms with Crippen molar-refractivity contribution in [1.82, 2.24) is 15.1 Å². The fourth-order valence-electron chi connectivity index (χ4n) is 5.35. The van der Waals surface area contributed by atoms with Crippen molar-refractivity contribution >= 4 is 17.7 Å². The second-order valence-electron chi connectivity index (χ2n) is 10.9. The predicted octanol–water partition coefficient (Wildman–Crippen LogP) is 2.56. The molecule has 192 valence electrons. The van der Waals surface area contributed by atoms with Gasteiger partial charge < -0.3 is 25.6 Å². The molecule has 8 heteroatoms. The lowest BCUT2D eigenvalue weighted by Gasteiger charge is -2.31. The summed E-state index contributed by atoms with van der Waals surface area (Å²) >= 11 is 0. The minimum atomic E-state index is -0.540. The predicted molar refractivity (Wildman–Crippen MR) is 134 cm³/mol. The van der Waals surface area contributed by atoms with Gasteiger partial charge in [-0.05, 0) is 75.1 Å². The maximum Gasteiger partial charge on any atom is 0.254 e. The van der Waals surface area contributed by atoms with Crippen LogP contribution in [0.1, 0.15) is 69.2 Å². The highest BCUT2D eigenvalue weighted by Gasteiger charge is 2.47. The number of benzene rings is 1. The molecule has 1 saturated heterocycles. The summed E-state index contributed by atoms with van der Waals surface area (Å²) in [6.07, 6.45) is 5.78. The van der Waals surface area contributed by atoms with Gasteiger partial charge in [-0.25, -0.2) is 0 Å². The molecule has 8 nitrogen and oxygen atoms in total. The number of hydrogen-bond acceptors (Lipinski definition) is 5. The Balaban J connectivity index is 1.52. The van der Waals surface area contributed by atoms with E-state index in [-0.39, 0.29) is 47.7 Å². The number of carbonyl (C=O) groups is 3. The van der Waals surface area contributed by atoms with E-state index in [4.69, 9.17) is 10.5 Å². The summed E-state index contributed by atoms with van der Waals surface area (Å²) in [5.41, 5.74) is 6.61. The first-order valence-electron chi connectivity index (χ1n) is 13.1. The van der Waals surface area contributed by atoms with E-state index in [1.165, 1.54) is 0 Å². The summed E-state index contributed by atoms with van der Waals surface area (Å²) < 4.78 is 5.23. The molecule has 35 heavy (non-hydrogen) atoms. The van der Waals surface area contributed by atoms with Gasteiger partial charge >= 0.3 is 0 Å². The molecular weight excluding hydrogens is 444 g/mol. The summed E-state index contributed by atoms with van der Waals surface area (Å²) in [4.78, 5) is 43.8. The van der Waals surface area contributed by atoms with Crippen LogP contribution in [0.5, 0.6) is 5.75 Å². The van der Waals surface area contributed by atoms with Gasteiger partial charge in [-0.3, -0.25) is 14.4 Å². The van der Waals surface area contributed by atoms with E-state index < -0.39 is 6.04 Å². The molecule has 1 aliphatic heterocycles. The van der Waals surface area contributed by atoms with Crippen LogP contribution in [0.15, 0.2) is 24.3 Å². The van der Waals surface area contributed by atoms with Crippen molar-refractivity contribution in [2.75, 3.05) is 20.2 Å². The molecule has 0 spiro atoms. The van der Waals surface area contributed by atoms with Crippen LogP contribution < -0.4 is 15.8 Å². The smallest absolute Gasteiger partial charge is 0.254 e. The summed E-state index contributed by atoms with van der Waals surface area (Å²) in [7, 11) is 1.60. The molecule has 3 amide bonds. The molecule has 3 N–H and O–H groups in total. The van der Waals surface area contributed by atoms with E-state index in [9.17, 15) is 14.4 Å². The Labute approximate surface area is 208 Å². The minimum Gasteiger partial charge on any atom is -0.497 e. The van der Waals surface area contributed by atoms with Crippen molar-refractivity contribution in [3.8, 4) is 5.75 Å². The molecule has 1 aromatic rings. The lowest BCUT2D eigenvalue weighted by molar-refractivity contribution is -0.139. The third-order valence-electron chi connectivity index (χ3n) is 7.51. The Morgan fingerprint density at radius 2 is 1.74 bits per heavy atom. The van der Waals surface area contributed by atoms with Crippen LogP contribution in [0.4, 0.5) is 0 Å². The molecule has 0 radical (unpaired) electrons. The van der Waals surface area contributed by atoms with Gasteiger partial charge in [-0.2, -0.15) is 0 Å². The molecule has 0 aromatic heterocycles. The van der Waals surface area contributed by atoms with Crippen LogP contribution in [0.2, 0.25) is 0 Å². The highest BCUT2D eigenvalue weighted by Crippen LogP contribution is 2.35. The fraction of sp³-hybridized carbons (Fsp3) is 0.667. The molecule has 2 saturated carbocycles. The number of rotatable bonds is 8. The number of carbonyl (C=O) groups excluding carboxylic acids is 3. The summed E-state index contributed by atoms with van der Waals surface area (Å²) in [5.74, 6) is 0.853. The van der Waals surface area contributed by atoms with Gasteiger partial charge in [-0.15, -0.1) is 0 Å². The number of ether oxygens (including phenoxy) is 1. The quantitative estimate of drug-likeness (QED) is 0.590. The van der Waals surface area contributed by atoms with Crippen LogP contribution in [0.25, 0.3) is 0 Å². The lowest BCUT2D eigenvalue weighted by atomic mass is 9.91. The molecule has 1 aromatic carbocycles. The Bertz CT molecular complexity index is 906. The third-order valence-corrected chi connectivity index (χ3v) is 7.51. The van der Waals surface area contributed by atoms with Gasteiger partial charge in [0, 0.05) is 36.7 Å². The van der Waals surface area contributed by atoms with E-state index in [1.54, 1.807) is 36.3 Å². The van der Waals surface area contributed by atoms with Crippen molar-refractivity contribution < 1.29 is 19.1 Å². The van der Waals surface area contributed by atoms with Crippen LogP contribution in [-0.2, 0) is 9.59 Å². The van der Waals surface area contributed by atoms with Gasteiger partial charge in [-0.1, -0.05) is 13.8 Å². The number of amides is 3. The average molecular weight is 485 g/mol. The topological polar surface area (TPSA) is 105 Å². The van der Waals surface area contributed by atoms with Crippen LogP contribution in [0, 0.1) is 11.8 Å². The number of nitrogens with two attached hydrogens (primary N) is 1. The van der Waals surface area contributed by atoms with E-state index in [0.717, 1.165) is 38.5 Å². The number of likely N-dealkylation sites (tertiary alicyclic amines) is 1. The highest BCUT2D eigenvalue weighted by atomic mass is 16.5. The zero-order valence-electron chi connectivity index (χ0n) is 21.2. The molecule has 4 rings (SSSR count). The zero-order chi connectivity index (χ0) is 25.1. The van der Waals surface area contributed by atoms with Crippen molar-refractivity contribution in [1.29, 1.82) is 0 Å². The molecule has 2 aliphatic carbocycles. The van der Waals surface area contributed by atoms with Gasteiger partial charge in [0.25, 0.3) is 5.91 Å². The first-order valence-corrected chi connectivity index (χ1v) is 13.1.